The summed E-state index contributed by atoms with van der Waals surface area (Å²) in [5.41, 5.74) is 0.900. The van der Waals surface area contributed by atoms with Gasteiger partial charge in [-0.3, -0.25) is 14.4 Å². The standard InChI is InChI=1S/C14H15NO5/c1-8-14(19)15(2)10-7-9(3-5-12(10)20-8)11(16)4-6-13(17)18/h3,5,7-8H,4,6H2,1-2H3,(H,17,18)/t8-/m1/s1. The minimum atomic E-state index is -1.01. The van der Waals surface area contributed by atoms with Crippen LogP contribution in [0.3, 0.4) is 0 Å². The molecule has 20 heavy (non-hydrogen) atoms. The molecule has 0 saturated carbocycles. The molecule has 106 valence electrons. The second-order valence-electron chi connectivity index (χ2n) is 4.66. The van der Waals surface area contributed by atoms with E-state index in [0.717, 1.165) is 0 Å². The number of ether oxygens (including phenoxy) is 1. The van der Waals surface area contributed by atoms with E-state index in [1.807, 2.05) is 0 Å². The molecule has 0 aliphatic carbocycles. The predicted octanol–water partition coefficient (Wildman–Crippen LogP) is 1.48. The summed E-state index contributed by atoms with van der Waals surface area (Å²) in [6.07, 6.45) is -0.831. The van der Waals surface area contributed by atoms with Crippen molar-refractivity contribution in [1.82, 2.24) is 0 Å². The first-order valence-electron chi connectivity index (χ1n) is 6.23. The maximum Gasteiger partial charge on any atom is 0.303 e. The van der Waals surface area contributed by atoms with Crippen LogP contribution in [0.4, 0.5) is 5.69 Å². The Morgan fingerprint density at radius 1 is 1.35 bits per heavy atom. The van der Waals surface area contributed by atoms with Crippen LogP contribution in [0, 0.1) is 0 Å². The highest BCUT2D eigenvalue weighted by Gasteiger charge is 2.29. The van der Waals surface area contributed by atoms with Crippen molar-refractivity contribution < 1.29 is 24.2 Å². The van der Waals surface area contributed by atoms with Crippen LogP contribution in [-0.4, -0.2) is 35.9 Å². The molecule has 0 radical (unpaired) electrons. The molecule has 6 nitrogen and oxygen atoms in total. The summed E-state index contributed by atoms with van der Waals surface area (Å²) in [5, 5.41) is 8.58. The third kappa shape index (κ3) is 2.64. The molecular weight excluding hydrogens is 262 g/mol. The number of carbonyl (C=O) groups excluding carboxylic acids is 2. The molecule has 0 spiro atoms. The van der Waals surface area contributed by atoms with Gasteiger partial charge in [0.05, 0.1) is 12.1 Å². The Morgan fingerprint density at radius 3 is 2.70 bits per heavy atom. The van der Waals surface area contributed by atoms with Crippen LogP contribution in [-0.2, 0) is 9.59 Å². The van der Waals surface area contributed by atoms with Crippen molar-refractivity contribution >= 4 is 23.3 Å². The molecule has 0 unspecified atom stereocenters. The largest absolute Gasteiger partial charge is 0.481 e. The Labute approximate surface area is 115 Å². The van der Waals surface area contributed by atoms with Gasteiger partial charge in [0.25, 0.3) is 5.91 Å². The SMILES string of the molecule is C[C@H]1Oc2ccc(C(=O)CCC(=O)O)cc2N(C)C1=O. The van der Waals surface area contributed by atoms with Gasteiger partial charge in [0.15, 0.2) is 11.9 Å². The number of amides is 1. The number of carbonyl (C=O) groups is 3. The van der Waals surface area contributed by atoms with Crippen LogP contribution in [0.25, 0.3) is 0 Å². The zero-order valence-corrected chi connectivity index (χ0v) is 11.3. The molecule has 1 aromatic carbocycles. The average molecular weight is 277 g/mol. The second-order valence-corrected chi connectivity index (χ2v) is 4.66. The number of likely N-dealkylation sites (N-methyl/N-ethyl adjacent to an activating group) is 1. The van der Waals surface area contributed by atoms with Crippen molar-refractivity contribution in [2.75, 3.05) is 11.9 Å². The van der Waals surface area contributed by atoms with Crippen molar-refractivity contribution in [2.24, 2.45) is 0 Å². The molecule has 1 atom stereocenters. The number of aliphatic carboxylic acids is 1. The molecular formula is C14H15NO5. The molecule has 1 heterocycles. The van der Waals surface area contributed by atoms with E-state index in [9.17, 15) is 14.4 Å². The average Bonchev–Trinajstić information content (AvgIpc) is 2.42. The highest BCUT2D eigenvalue weighted by Crippen LogP contribution is 2.34. The zero-order chi connectivity index (χ0) is 14.9. The second kappa shape index (κ2) is 5.32. The van der Waals surface area contributed by atoms with E-state index in [-0.39, 0.29) is 24.5 Å². The van der Waals surface area contributed by atoms with E-state index in [2.05, 4.69) is 0 Å². The maximum atomic E-state index is 11.9. The van der Waals surface area contributed by atoms with Crippen molar-refractivity contribution in [3.63, 3.8) is 0 Å². The van der Waals surface area contributed by atoms with Gasteiger partial charge in [0.1, 0.15) is 5.75 Å². The van der Waals surface area contributed by atoms with Crippen molar-refractivity contribution in [3.8, 4) is 5.75 Å². The molecule has 0 bridgehead atoms. The number of Topliss-reactive ketones (excluding diaryl/α,β-unsaturated/α-hetero) is 1. The van der Waals surface area contributed by atoms with Gasteiger partial charge in [0, 0.05) is 19.0 Å². The van der Waals surface area contributed by atoms with E-state index in [0.29, 0.717) is 17.0 Å². The first-order valence-corrected chi connectivity index (χ1v) is 6.23. The lowest BCUT2D eigenvalue weighted by Gasteiger charge is -2.30. The van der Waals surface area contributed by atoms with E-state index in [1.165, 1.54) is 4.90 Å². The Balaban J connectivity index is 2.25. The number of hydrogen-bond acceptors (Lipinski definition) is 4. The molecule has 0 fully saturated rings. The van der Waals surface area contributed by atoms with Gasteiger partial charge in [-0.25, -0.2) is 0 Å². The van der Waals surface area contributed by atoms with E-state index in [4.69, 9.17) is 9.84 Å². The van der Waals surface area contributed by atoms with Gasteiger partial charge >= 0.3 is 5.97 Å². The molecule has 6 heteroatoms. The molecule has 0 saturated heterocycles. The van der Waals surface area contributed by atoms with Gasteiger partial charge in [-0.1, -0.05) is 0 Å². The summed E-state index contributed by atoms with van der Waals surface area (Å²) < 4.78 is 5.45. The number of nitrogens with zero attached hydrogens (tertiary/aromatic N) is 1. The smallest absolute Gasteiger partial charge is 0.303 e. The van der Waals surface area contributed by atoms with Crippen molar-refractivity contribution in [1.29, 1.82) is 0 Å². The first-order chi connectivity index (χ1) is 9.40. The number of rotatable bonds is 4. The zero-order valence-electron chi connectivity index (χ0n) is 11.3. The van der Waals surface area contributed by atoms with Crippen LogP contribution in [0.1, 0.15) is 30.1 Å². The fraction of sp³-hybridized carbons (Fsp3) is 0.357. The number of fused-ring (bicyclic) bond motifs is 1. The summed E-state index contributed by atoms with van der Waals surface area (Å²) in [4.78, 5) is 35.6. The number of ketones is 1. The fourth-order valence-electron chi connectivity index (χ4n) is 2.05. The molecule has 2 rings (SSSR count). The summed E-state index contributed by atoms with van der Waals surface area (Å²) in [6, 6.07) is 4.77. The number of benzene rings is 1. The number of carboxylic acids is 1. The Kier molecular flexibility index (Phi) is 3.74. The van der Waals surface area contributed by atoms with Gasteiger partial charge in [-0.05, 0) is 25.1 Å². The highest BCUT2D eigenvalue weighted by atomic mass is 16.5. The summed E-state index contributed by atoms with van der Waals surface area (Å²) >= 11 is 0. The topological polar surface area (TPSA) is 83.9 Å². The number of carboxylic acid groups (broad SMARTS) is 1. The van der Waals surface area contributed by atoms with Crippen LogP contribution in [0.5, 0.6) is 5.75 Å². The number of anilines is 1. The van der Waals surface area contributed by atoms with Crippen LogP contribution in [0.15, 0.2) is 18.2 Å². The number of hydrogen-bond donors (Lipinski definition) is 1. The summed E-state index contributed by atoms with van der Waals surface area (Å²) in [7, 11) is 1.62. The van der Waals surface area contributed by atoms with E-state index < -0.39 is 12.1 Å². The third-order valence-corrected chi connectivity index (χ3v) is 3.19. The molecule has 1 N–H and O–H groups in total. The van der Waals surface area contributed by atoms with Crippen molar-refractivity contribution in [2.45, 2.75) is 25.9 Å². The molecule has 0 aromatic heterocycles. The molecule has 1 amide bonds. The lowest BCUT2D eigenvalue weighted by Crippen LogP contribution is -2.42. The minimum absolute atomic E-state index is 0.0664. The lowest BCUT2D eigenvalue weighted by atomic mass is 10.0. The Morgan fingerprint density at radius 2 is 2.05 bits per heavy atom. The maximum absolute atomic E-state index is 11.9. The van der Waals surface area contributed by atoms with Crippen LogP contribution in [0.2, 0.25) is 0 Å². The highest BCUT2D eigenvalue weighted by molar-refractivity contribution is 6.03. The summed E-state index contributed by atoms with van der Waals surface area (Å²) in [6.45, 7) is 1.66. The van der Waals surface area contributed by atoms with Gasteiger partial charge in [-0.2, -0.15) is 0 Å². The monoisotopic (exact) mass is 277 g/mol. The third-order valence-electron chi connectivity index (χ3n) is 3.19. The molecule has 1 aliphatic heterocycles. The molecule has 1 aromatic rings. The minimum Gasteiger partial charge on any atom is -0.481 e. The fourth-order valence-corrected chi connectivity index (χ4v) is 2.05. The Hall–Kier alpha value is -2.37. The normalized spacial score (nSPS) is 17.4. The predicted molar refractivity (Wildman–Crippen MR) is 71.1 cm³/mol. The lowest BCUT2D eigenvalue weighted by molar-refractivity contribution is -0.137. The molecule has 1 aliphatic rings. The van der Waals surface area contributed by atoms with E-state index in [1.54, 1.807) is 32.2 Å². The summed E-state index contributed by atoms with van der Waals surface area (Å²) in [5.74, 6) is -0.933. The Bertz CT molecular complexity index is 581. The quantitative estimate of drug-likeness (QED) is 0.843. The van der Waals surface area contributed by atoms with Crippen LogP contribution >= 0.6 is 0 Å². The van der Waals surface area contributed by atoms with Gasteiger partial charge in [0.2, 0.25) is 0 Å². The van der Waals surface area contributed by atoms with E-state index >= 15 is 0 Å². The van der Waals surface area contributed by atoms with Gasteiger partial charge < -0.3 is 14.7 Å². The van der Waals surface area contributed by atoms with Gasteiger partial charge in [-0.15, -0.1) is 0 Å². The van der Waals surface area contributed by atoms with Crippen molar-refractivity contribution in [3.05, 3.63) is 23.8 Å². The van der Waals surface area contributed by atoms with Crippen LogP contribution < -0.4 is 9.64 Å². The first kappa shape index (κ1) is 14.0.